The zero-order valence-electron chi connectivity index (χ0n) is 13.9. The minimum atomic E-state index is -1.02. The Morgan fingerprint density at radius 2 is 1.83 bits per heavy atom. The normalized spacial score (nSPS) is 10.0. The first-order valence-electron chi connectivity index (χ1n) is 7.89. The molecule has 2 amide bonds. The summed E-state index contributed by atoms with van der Waals surface area (Å²) >= 11 is 0. The Balaban J connectivity index is 2.02. The fraction of sp³-hybridized carbons (Fsp3) is 0.471. The van der Waals surface area contributed by atoms with Gasteiger partial charge in [-0.1, -0.05) is 36.8 Å². The lowest BCUT2D eigenvalue weighted by atomic mass is 10.2. The third-order valence-electron chi connectivity index (χ3n) is 3.35. The van der Waals surface area contributed by atoms with Crippen LogP contribution in [-0.2, 0) is 20.9 Å². The van der Waals surface area contributed by atoms with E-state index in [0.29, 0.717) is 19.4 Å². The van der Waals surface area contributed by atoms with E-state index in [9.17, 15) is 14.4 Å². The number of likely N-dealkylation sites (N-methyl/N-ethyl adjacent to an activating group) is 1. The molecule has 0 unspecified atom stereocenters. The topological polar surface area (TPSA) is 95.9 Å². The summed E-state index contributed by atoms with van der Waals surface area (Å²) in [6, 6.07) is 9.42. The lowest BCUT2D eigenvalue weighted by Crippen LogP contribution is -2.31. The van der Waals surface area contributed by atoms with E-state index in [1.807, 2.05) is 30.3 Å². The molecule has 0 aliphatic rings. The number of alkyl carbamates (subject to hydrolysis) is 1. The highest BCUT2D eigenvalue weighted by atomic mass is 16.5. The van der Waals surface area contributed by atoms with Gasteiger partial charge in [0.1, 0.15) is 13.2 Å². The summed E-state index contributed by atoms with van der Waals surface area (Å²) in [5.41, 5.74) is 0.927. The molecule has 0 bridgehead atoms. The van der Waals surface area contributed by atoms with E-state index in [1.54, 1.807) is 0 Å². The van der Waals surface area contributed by atoms with Gasteiger partial charge in [-0.25, -0.2) is 4.79 Å². The molecule has 0 saturated carbocycles. The predicted octanol–water partition coefficient (Wildman–Crippen LogP) is 2.02. The van der Waals surface area contributed by atoms with Gasteiger partial charge in [-0.05, 0) is 18.4 Å². The molecular formula is C17H24N2O5. The van der Waals surface area contributed by atoms with E-state index in [4.69, 9.17) is 9.84 Å². The molecule has 2 N–H and O–H groups in total. The average Bonchev–Trinajstić information content (AvgIpc) is 2.56. The molecule has 0 atom stereocenters. The number of hydrogen-bond acceptors (Lipinski definition) is 4. The molecular weight excluding hydrogens is 312 g/mol. The molecule has 0 saturated heterocycles. The van der Waals surface area contributed by atoms with Crippen molar-refractivity contribution in [1.82, 2.24) is 10.2 Å². The zero-order valence-corrected chi connectivity index (χ0v) is 13.9. The Hall–Kier alpha value is -2.57. The summed E-state index contributed by atoms with van der Waals surface area (Å²) in [4.78, 5) is 34.8. The first kappa shape index (κ1) is 19.5. The van der Waals surface area contributed by atoms with Crippen LogP contribution in [0.25, 0.3) is 0 Å². The van der Waals surface area contributed by atoms with Crippen LogP contribution >= 0.6 is 0 Å². The number of benzene rings is 1. The van der Waals surface area contributed by atoms with Gasteiger partial charge in [-0.3, -0.25) is 9.59 Å². The van der Waals surface area contributed by atoms with E-state index in [1.165, 1.54) is 11.9 Å². The Labute approximate surface area is 141 Å². The number of carbonyl (C=O) groups is 3. The lowest BCUT2D eigenvalue weighted by molar-refractivity contribution is -0.143. The molecule has 7 nitrogen and oxygen atoms in total. The number of aliphatic carboxylic acids is 1. The van der Waals surface area contributed by atoms with Gasteiger partial charge in [0.15, 0.2) is 0 Å². The second-order valence-electron chi connectivity index (χ2n) is 5.44. The van der Waals surface area contributed by atoms with E-state index in [0.717, 1.165) is 18.4 Å². The van der Waals surface area contributed by atoms with Crippen LogP contribution in [0.15, 0.2) is 30.3 Å². The Bertz CT molecular complexity index is 533. The summed E-state index contributed by atoms with van der Waals surface area (Å²) in [7, 11) is 1.47. The molecule has 1 aromatic carbocycles. The molecule has 0 fully saturated rings. The van der Waals surface area contributed by atoms with Crippen LogP contribution in [0, 0.1) is 0 Å². The molecule has 0 aliphatic carbocycles. The monoisotopic (exact) mass is 336 g/mol. The van der Waals surface area contributed by atoms with Crippen molar-refractivity contribution in [2.45, 2.75) is 32.3 Å². The Morgan fingerprint density at radius 3 is 2.50 bits per heavy atom. The molecule has 0 heterocycles. The Kier molecular flexibility index (Phi) is 8.96. The minimum Gasteiger partial charge on any atom is -0.480 e. The largest absolute Gasteiger partial charge is 0.480 e. The highest BCUT2D eigenvalue weighted by molar-refractivity contribution is 5.80. The van der Waals surface area contributed by atoms with Crippen LogP contribution in [0.1, 0.15) is 31.2 Å². The van der Waals surface area contributed by atoms with Gasteiger partial charge >= 0.3 is 12.1 Å². The van der Waals surface area contributed by atoms with E-state index >= 15 is 0 Å². The average molecular weight is 336 g/mol. The van der Waals surface area contributed by atoms with Gasteiger partial charge in [0.2, 0.25) is 5.91 Å². The van der Waals surface area contributed by atoms with Gasteiger partial charge in [-0.2, -0.15) is 0 Å². The summed E-state index contributed by atoms with van der Waals surface area (Å²) in [6.45, 7) is 0.428. The number of carbonyl (C=O) groups excluding carboxylic acids is 2. The third-order valence-corrected chi connectivity index (χ3v) is 3.35. The van der Waals surface area contributed by atoms with Crippen molar-refractivity contribution in [1.29, 1.82) is 0 Å². The van der Waals surface area contributed by atoms with Crippen LogP contribution in [-0.4, -0.2) is 48.1 Å². The smallest absolute Gasteiger partial charge is 0.407 e. The highest BCUT2D eigenvalue weighted by Gasteiger charge is 2.11. The number of carboxylic acid groups (broad SMARTS) is 1. The lowest BCUT2D eigenvalue weighted by Gasteiger charge is -2.14. The summed E-state index contributed by atoms with van der Waals surface area (Å²) < 4.78 is 5.07. The molecule has 0 spiro atoms. The molecule has 1 rings (SSSR count). The van der Waals surface area contributed by atoms with Crippen molar-refractivity contribution in [2.75, 3.05) is 20.1 Å². The van der Waals surface area contributed by atoms with Gasteiger partial charge in [0, 0.05) is 20.0 Å². The fourth-order valence-electron chi connectivity index (χ4n) is 2.02. The van der Waals surface area contributed by atoms with Crippen LogP contribution in [0.5, 0.6) is 0 Å². The molecule has 0 radical (unpaired) electrons. The maximum Gasteiger partial charge on any atom is 0.407 e. The van der Waals surface area contributed by atoms with Crippen LogP contribution in [0.4, 0.5) is 4.79 Å². The van der Waals surface area contributed by atoms with Crippen LogP contribution in [0.3, 0.4) is 0 Å². The standard InChI is InChI=1S/C17H24N2O5/c1-19(12-16(21)22)15(20)10-6-3-7-11-18-17(23)24-13-14-8-4-2-5-9-14/h2,4-5,8-9H,3,6-7,10-13H2,1H3,(H,18,23)(H,21,22). The van der Waals surface area contributed by atoms with Crippen molar-refractivity contribution in [3.63, 3.8) is 0 Å². The molecule has 1 aromatic rings. The number of carboxylic acids is 1. The second kappa shape index (κ2) is 11.0. The molecule has 132 valence electrons. The molecule has 7 heteroatoms. The summed E-state index contributed by atoms with van der Waals surface area (Å²) in [5.74, 6) is -1.21. The predicted molar refractivity (Wildman–Crippen MR) is 88.4 cm³/mol. The van der Waals surface area contributed by atoms with E-state index in [-0.39, 0.29) is 19.1 Å². The molecule has 0 aliphatic heterocycles. The molecule has 24 heavy (non-hydrogen) atoms. The van der Waals surface area contributed by atoms with Crippen molar-refractivity contribution in [3.8, 4) is 0 Å². The first-order valence-corrected chi connectivity index (χ1v) is 7.89. The summed E-state index contributed by atoms with van der Waals surface area (Å²) in [6.07, 6.45) is 2.00. The first-order chi connectivity index (χ1) is 11.5. The third kappa shape index (κ3) is 8.77. The Morgan fingerprint density at radius 1 is 1.12 bits per heavy atom. The van der Waals surface area contributed by atoms with Crippen molar-refractivity contribution >= 4 is 18.0 Å². The maximum atomic E-state index is 11.6. The van der Waals surface area contributed by atoms with Crippen LogP contribution in [0.2, 0.25) is 0 Å². The second-order valence-corrected chi connectivity index (χ2v) is 5.44. The number of nitrogens with one attached hydrogen (secondary N) is 1. The van der Waals surface area contributed by atoms with Crippen molar-refractivity contribution in [3.05, 3.63) is 35.9 Å². The number of ether oxygens (including phenoxy) is 1. The number of amides is 2. The van der Waals surface area contributed by atoms with E-state index < -0.39 is 12.1 Å². The fourth-order valence-corrected chi connectivity index (χ4v) is 2.02. The highest BCUT2D eigenvalue weighted by Crippen LogP contribution is 2.03. The quantitative estimate of drug-likeness (QED) is 0.637. The number of nitrogens with zero attached hydrogens (tertiary/aromatic N) is 1. The van der Waals surface area contributed by atoms with Crippen molar-refractivity contribution < 1.29 is 24.2 Å². The molecule has 0 aromatic heterocycles. The summed E-state index contributed by atoms with van der Waals surface area (Å²) in [5, 5.41) is 11.3. The SMILES string of the molecule is CN(CC(=O)O)C(=O)CCCCCNC(=O)OCc1ccccc1. The van der Waals surface area contributed by atoms with Crippen LogP contribution < -0.4 is 5.32 Å². The van der Waals surface area contributed by atoms with Crippen molar-refractivity contribution in [2.24, 2.45) is 0 Å². The maximum absolute atomic E-state index is 11.6. The number of unbranched alkanes of at least 4 members (excludes halogenated alkanes) is 2. The number of hydrogen-bond donors (Lipinski definition) is 2. The van der Waals surface area contributed by atoms with Gasteiger partial charge in [0.05, 0.1) is 0 Å². The minimum absolute atomic E-state index is 0.187. The number of rotatable bonds is 10. The zero-order chi connectivity index (χ0) is 17.8. The van der Waals surface area contributed by atoms with Gasteiger partial charge < -0.3 is 20.1 Å². The van der Waals surface area contributed by atoms with Gasteiger partial charge in [0.25, 0.3) is 0 Å². The van der Waals surface area contributed by atoms with E-state index in [2.05, 4.69) is 5.32 Å². The van der Waals surface area contributed by atoms with Gasteiger partial charge in [-0.15, -0.1) is 0 Å².